The van der Waals surface area contributed by atoms with E-state index in [1.807, 2.05) is 44.3 Å². The lowest BCUT2D eigenvalue weighted by atomic mass is 9.80. The van der Waals surface area contributed by atoms with Crippen LogP contribution in [0.15, 0.2) is 65.3 Å². The summed E-state index contributed by atoms with van der Waals surface area (Å²) in [5.41, 5.74) is 6.30. The molecule has 5 aromatic rings. The maximum absolute atomic E-state index is 14.2. The molecule has 0 unspecified atom stereocenters. The summed E-state index contributed by atoms with van der Waals surface area (Å²) in [4.78, 5) is 4.83. The molecule has 8 heteroatoms. The molecule has 2 heterocycles. The van der Waals surface area contributed by atoms with E-state index in [0.717, 1.165) is 58.2 Å². The normalized spacial score (nSPS) is 15.5. The highest BCUT2D eigenvalue weighted by Gasteiger charge is 2.34. The van der Waals surface area contributed by atoms with Crippen molar-refractivity contribution in [2.45, 2.75) is 44.8 Å². The Kier molecular flexibility index (Phi) is 6.08. The van der Waals surface area contributed by atoms with Gasteiger partial charge in [-0.15, -0.1) is 10.2 Å². The standard InChI is InChI=1S/C30H30FN5O2/c1-18-12-22(19(2)32-16-30(37)10-5-11-30)14-26-27(18)38-29(34-26)21-7-4-6-20(13-21)24-9-8-23(31)15-25(24)28-35-33-17-36(28)3/h4,6-9,12-15,17,19,32,37H,5,10-11,16H2,1-3H3/t19-/m1/s1. The van der Waals surface area contributed by atoms with Gasteiger partial charge in [0, 0.05) is 30.8 Å². The molecule has 1 atom stereocenters. The number of halogens is 1. The van der Waals surface area contributed by atoms with E-state index in [1.54, 1.807) is 17.0 Å². The number of hydrogen-bond donors (Lipinski definition) is 2. The molecule has 3 aromatic carbocycles. The highest BCUT2D eigenvalue weighted by Crippen LogP contribution is 2.36. The monoisotopic (exact) mass is 511 g/mol. The van der Waals surface area contributed by atoms with E-state index >= 15 is 0 Å². The number of fused-ring (bicyclic) bond motifs is 1. The molecule has 2 aromatic heterocycles. The summed E-state index contributed by atoms with van der Waals surface area (Å²) in [6.07, 6.45) is 4.40. The van der Waals surface area contributed by atoms with Gasteiger partial charge in [0.1, 0.15) is 17.7 Å². The number of aromatic nitrogens is 4. The minimum Gasteiger partial charge on any atom is -0.436 e. The second kappa shape index (κ2) is 9.45. The third-order valence-corrected chi connectivity index (χ3v) is 7.57. The smallest absolute Gasteiger partial charge is 0.227 e. The van der Waals surface area contributed by atoms with Gasteiger partial charge in [-0.25, -0.2) is 9.37 Å². The van der Waals surface area contributed by atoms with Crippen LogP contribution >= 0.6 is 0 Å². The van der Waals surface area contributed by atoms with Gasteiger partial charge in [-0.05, 0) is 85.7 Å². The Balaban J connectivity index is 1.33. The van der Waals surface area contributed by atoms with Crippen LogP contribution in [0.4, 0.5) is 4.39 Å². The summed E-state index contributed by atoms with van der Waals surface area (Å²) in [6, 6.07) is 16.8. The lowest BCUT2D eigenvalue weighted by Crippen LogP contribution is -2.46. The van der Waals surface area contributed by atoms with Crippen molar-refractivity contribution in [2.24, 2.45) is 7.05 Å². The van der Waals surface area contributed by atoms with Gasteiger partial charge < -0.3 is 19.4 Å². The van der Waals surface area contributed by atoms with E-state index in [4.69, 9.17) is 9.40 Å². The lowest BCUT2D eigenvalue weighted by Gasteiger charge is -2.37. The van der Waals surface area contributed by atoms with Crippen molar-refractivity contribution in [1.29, 1.82) is 0 Å². The number of rotatable bonds is 7. The second-order valence-corrected chi connectivity index (χ2v) is 10.4. The second-order valence-electron chi connectivity index (χ2n) is 10.4. The van der Waals surface area contributed by atoms with Gasteiger partial charge in [-0.2, -0.15) is 0 Å². The summed E-state index contributed by atoms with van der Waals surface area (Å²) in [6.45, 7) is 4.71. The summed E-state index contributed by atoms with van der Waals surface area (Å²) in [5.74, 6) is 0.773. The number of hydrogen-bond acceptors (Lipinski definition) is 6. The Bertz CT molecular complexity index is 1640. The van der Waals surface area contributed by atoms with Crippen molar-refractivity contribution in [3.63, 3.8) is 0 Å². The molecule has 7 nitrogen and oxygen atoms in total. The molecule has 1 fully saturated rings. The van der Waals surface area contributed by atoms with Crippen LogP contribution < -0.4 is 5.32 Å². The first-order valence-electron chi connectivity index (χ1n) is 12.9. The maximum atomic E-state index is 14.2. The molecule has 38 heavy (non-hydrogen) atoms. The number of nitrogens with zero attached hydrogens (tertiary/aromatic N) is 4. The molecule has 1 aliphatic rings. The van der Waals surface area contributed by atoms with Gasteiger partial charge in [-0.1, -0.05) is 24.3 Å². The Labute approximate surface area is 220 Å². The molecule has 0 spiro atoms. The summed E-state index contributed by atoms with van der Waals surface area (Å²) >= 11 is 0. The molecular weight excluding hydrogens is 481 g/mol. The van der Waals surface area contributed by atoms with E-state index in [2.05, 4.69) is 28.5 Å². The Morgan fingerprint density at radius 2 is 1.92 bits per heavy atom. The van der Waals surface area contributed by atoms with Crippen molar-refractivity contribution in [1.82, 2.24) is 25.1 Å². The van der Waals surface area contributed by atoms with Gasteiger partial charge in [0.15, 0.2) is 11.4 Å². The Morgan fingerprint density at radius 3 is 2.66 bits per heavy atom. The third kappa shape index (κ3) is 4.50. The molecule has 0 saturated heterocycles. The lowest BCUT2D eigenvalue weighted by molar-refractivity contribution is -0.0329. The molecule has 0 radical (unpaired) electrons. The fraction of sp³-hybridized carbons (Fsp3) is 0.300. The predicted octanol–water partition coefficient (Wildman–Crippen LogP) is 5.97. The van der Waals surface area contributed by atoms with Crippen LogP contribution in [0.25, 0.3) is 45.1 Å². The van der Waals surface area contributed by atoms with Gasteiger partial charge in [0.2, 0.25) is 5.89 Å². The van der Waals surface area contributed by atoms with Crippen molar-refractivity contribution < 1.29 is 13.9 Å². The zero-order valence-corrected chi connectivity index (χ0v) is 21.7. The molecule has 2 N–H and O–H groups in total. The topological polar surface area (TPSA) is 89.0 Å². The Morgan fingerprint density at radius 1 is 1.11 bits per heavy atom. The molecular formula is C30H30FN5O2. The van der Waals surface area contributed by atoms with E-state index in [0.29, 0.717) is 23.8 Å². The minimum absolute atomic E-state index is 0.0729. The van der Waals surface area contributed by atoms with E-state index in [1.165, 1.54) is 12.1 Å². The van der Waals surface area contributed by atoms with Gasteiger partial charge in [0.05, 0.1) is 5.60 Å². The summed E-state index contributed by atoms with van der Waals surface area (Å²) in [5, 5.41) is 22.1. The zero-order chi connectivity index (χ0) is 26.4. The molecule has 1 aliphatic carbocycles. The molecule has 1 saturated carbocycles. The average molecular weight is 512 g/mol. The number of oxazole rings is 1. The summed E-state index contributed by atoms with van der Waals surface area (Å²) in [7, 11) is 1.83. The first-order chi connectivity index (χ1) is 18.3. The number of aliphatic hydroxyl groups is 1. The van der Waals surface area contributed by atoms with Gasteiger partial charge in [-0.3, -0.25) is 0 Å². The fourth-order valence-electron chi connectivity index (χ4n) is 5.12. The van der Waals surface area contributed by atoms with Crippen LogP contribution in [0.5, 0.6) is 0 Å². The number of nitrogens with one attached hydrogen (secondary N) is 1. The van der Waals surface area contributed by atoms with Crippen molar-refractivity contribution in [3.8, 4) is 34.0 Å². The van der Waals surface area contributed by atoms with Crippen molar-refractivity contribution >= 4 is 11.1 Å². The van der Waals surface area contributed by atoms with Crippen LogP contribution in [0.1, 0.15) is 43.4 Å². The quantitative estimate of drug-likeness (QED) is 0.280. The number of aryl methyl sites for hydroxylation is 2. The third-order valence-electron chi connectivity index (χ3n) is 7.57. The van der Waals surface area contributed by atoms with Gasteiger partial charge >= 0.3 is 0 Å². The molecule has 0 bridgehead atoms. The van der Waals surface area contributed by atoms with Crippen LogP contribution in [0.2, 0.25) is 0 Å². The predicted molar refractivity (Wildman–Crippen MR) is 145 cm³/mol. The average Bonchev–Trinajstić information content (AvgIpc) is 3.52. The zero-order valence-electron chi connectivity index (χ0n) is 21.7. The van der Waals surface area contributed by atoms with Crippen LogP contribution in [-0.4, -0.2) is 37.0 Å². The van der Waals surface area contributed by atoms with E-state index in [9.17, 15) is 9.50 Å². The Hall–Kier alpha value is -3.88. The van der Waals surface area contributed by atoms with Crippen molar-refractivity contribution in [3.05, 3.63) is 77.9 Å². The first-order valence-corrected chi connectivity index (χ1v) is 12.9. The highest BCUT2D eigenvalue weighted by molar-refractivity contribution is 5.84. The van der Waals surface area contributed by atoms with Crippen LogP contribution in [0, 0.1) is 12.7 Å². The first kappa shape index (κ1) is 24.5. The number of benzene rings is 3. The molecule has 0 amide bonds. The van der Waals surface area contributed by atoms with E-state index in [-0.39, 0.29) is 11.9 Å². The maximum Gasteiger partial charge on any atom is 0.227 e. The SMILES string of the molecule is Cc1cc([C@@H](C)NCC2(O)CCC2)cc2nc(-c3cccc(-c4ccc(F)cc4-c4nncn4C)c3)oc12. The molecule has 0 aliphatic heterocycles. The fourth-order valence-corrected chi connectivity index (χ4v) is 5.12. The van der Waals surface area contributed by atoms with Gasteiger partial charge in [0.25, 0.3) is 0 Å². The molecule has 194 valence electrons. The highest BCUT2D eigenvalue weighted by atomic mass is 19.1. The largest absolute Gasteiger partial charge is 0.436 e. The van der Waals surface area contributed by atoms with E-state index < -0.39 is 5.60 Å². The van der Waals surface area contributed by atoms with Crippen LogP contribution in [0.3, 0.4) is 0 Å². The summed E-state index contributed by atoms with van der Waals surface area (Å²) < 4.78 is 22.2. The van der Waals surface area contributed by atoms with Crippen molar-refractivity contribution in [2.75, 3.05) is 6.54 Å². The van der Waals surface area contributed by atoms with Crippen LogP contribution in [-0.2, 0) is 7.05 Å². The molecule has 6 rings (SSSR count). The minimum atomic E-state index is -0.573.